The molecule has 1 aliphatic carbocycles. The molecule has 4 heteroatoms. The summed E-state index contributed by atoms with van der Waals surface area (Å²) in [7, 11) is 0. The van der Waals surface area contributed by atoms with Gasteiger partial charge in [-0.1, -0.05) is 31.8 Å². The second-order valence-corrected chi connectivity index (χ2v) is 5.91. The van der Waals surface area contributed by atoms with Crippen LogP contribution in [0, 0.1) is 5.92 Å². The van der Waals surface area contributed by atoms with Gasteiger partial charge in [-0.05, 0) is 31.6 Å². The van der Waals surface area contributed by atoms with Gasteiger partial charge in [-0.3, -0.25) is 0 Å². The van der Waals surface area contributed by atoms with Gasteiger partial charge >= 0.3 is 0 Å². The smallest absolute Gasteiger partial charge is 0.243 e. The van der Waals surface area contributed by atoms with Crippen molar-refractivity contribution in [2.75, 3.05) is 0 Å². The quantitative estimate of drug-likeness (QED) is 0.894. The Balaban J connectivity index is 1.70. The summed E-state index contributed by atoms with van der Waals surface area (Å²) in [4.78, 5) is 4.58. The maximum absolute atomic E-state index is 5.45. The molecule has 4 unspecified atom stereocenters. The second kappa shape index (κ2) is 5.00. The maximum atomic E-state index is 5.45. The Morgan fingerprint density at radius 1 is 1.39 bits per heavy atom. The summed E-state index contributed by atoms with van der Waals surface area (Å²) in [5.41, 5.74) is 0. The number of nitrogens with one attached hydrogen (secondary N) is 1. The molecule has 0 amide bonds. The van der Waals surface area contributed by atoms with E-state index < -0.39 is 0 Å². The van der Waals surface area contributed by atoms with E-state index in [9.17, 15) is 0 Å². The van der Waals surface area contributed by atoms with Crippen molar-refractivity contribution in [1.82, 2.24) is 15.5 Å². The lowest BCUT2D eigenvalue weighted by atomic mass is 9.85. The van der Waals surface area contributed by atoms with Gasteiger partial charge in [0.2, 0.25) is 5.89 Å². The predicted molar refractivity (Wildman–Crippen MR) is 69.2 cm³/mol. The molecule has 2 heterocycles. The van der Waals surface area contributed by atoms with E-state index >= 15 is 0 Å². The molecule has 1 N–H and O–H groups in total. The number of hydrogen-bond donors (Lipinski definition) is 1. The lowest BCUT2D eigenvalue weighted by Gasteiger charge is -2.24. The van der Waals surface area contributed by atoms with Crippen molar-refractivity contribution in [2.24, 2.45) is 5.92 Å². The average Bonchev–Trinajstić information content (AvgIpc) is 3.03. The summed E-state index contributed by atoms with van der Waals surface area (Å²) >= 11 is 0. The molecule has 0 aromatic carbocycles. The highest BCUT2D eigenvalue weighted by atomic mass is 16.5. The number of aromatic nitrogens is 2. The Hall–Kier alpha value is -0.900. The molecule has 1 aromatic rings. The van der Waals surface area contributed by atoms with E-state index in [1.807, 2.05) is 0 Å². The monoisotopic (exact) mass is 249 g/mol. The van der Waals surface area contributed by atoms with E-state index in [1.165, 1.54) is 32.1 Å². The van der Waals surface area contributed by atoms with E-state index in [-0.39, 0.29) is 0 Å². The SMILES string of the molecule is CCC(C)c1noc(C2CC3CCCCC3N2)n1. The van der Waals surface area contributed by atoms with Crippen LogP contribution in [0.15, 0.2) is 4.52 Å². The minimum Gasteiger partial charge on any atom is -0.338 e. The number of rotatable bonds is 3. The molecule has 1 aliphatic heterocycles. The largest absolute Gasteiger partial charge is 0.338 e. The van der Waals surface area contributed by atoms with E-state index in [0.717, 1.165) is 24.1 Å². The first-order valence-corrected chi connectivity index (χ1v) is 7.37. The van der Waals surface area contributed by atoms with Crippen LogP contribution in [0.3, 0.4) is 0 Å². The molecule has 4 atom stereocenters. The Labute approximate surface area is 109 Å². The van der Waals surface area contributed by atoms with Crippen molar-refractivity contribution in [3.05, 3.63) is 11.7 Å². The molecular weight excluding hydrogens is 226 g/mol. The van der Waals surface area contributed by atoms with Crippen molar-refractivity contribution < 1.29 is 4.52 Å². The third-order valence-corrected chi connectivity index (χ3v) is 4.67. The third kappa shape index (κ3) is 2.18. The summed E-state index contributed by atoms with van der Waals surface area (Å²) in [6.07, 6.45) is 7.66. The Morgan fingerprint density at radius 3 is 3.00 bits per heavy atom. The molecule has 0 bridgehead atoms. The van der Waals surface area contributed by atoms with Gasteiger partial charge in [0.1, 0.15) is 0 Å². The molecule has 1 aromatic heterocycles. The molecule has 2 aliphatic rings. The molecule has 100 valence electrons. The fraction of sp³-hybridized carbons (Fsp3) is 0.857. The summed E-state index contributed by atoms with van der Waals surface area (Å²) in [5.74, 6) is 2.89. The van der Waals surface area contributed by atoms with Crippen molar-refractivity contribution >= 4 is 0 Å². The van der Waals surface area contributed by atoms with Crippen LogP contribution in [0.1, 0.15) is 76.0 Å². The van der Waals surface area contributed by atoms with E-state index in [2.05, 4.69) is 29.3 Å². The van der Waals surface area contributed by atoms with Gasteiger partial charge in [-0.2, -0.15) is 4.98 Å². The van der Waals surface area contributed by atoms with Gasteiger partial charge in [-0.25, -0.2) is 0 Å². The molecule has 0 radical (unpaired) electrons. The highest BCUT2D eigenvalue weighted by Gasteiger charge is 2.38. The lowest BCUT2D eigenvalue weighted by molar-refractivity contribution is 0.323. The molecule has 2 fully saturated rings. The van der Waals surface area contributed by atoms with Crippen LogP contribution in [-0.4, -0.2) is 16.2 Å². The van der Waals surface area contributed by atoms with Gasteiger partial charge < -0.3 is 9.84 Å². The topological polar surface area (TPSA) is 51.0 Å². The van der Waals surface area contributed by atoms with Gasteiger partial charge in [-0.15, -0.1) is 0 Å². The van der Waals surface area contributed by atoms with Gasteiger partial charge in [0, 0.05) is 12.0 Å². The normalized spacial score (nSPS) is 33.3. The van der Waals surface area contributed by atoms with Crippen molar-refractivity contribution in [1.29, 1.82) is 0 Å². The average molecular weight is 249 g/mol. The molecule has 3 rings (SSSR count). The van der Waals surface area contributed by atoms with Gasteiger partial charge in [0.05, 0.1) is 6.04 Å². The van der Waals surface area contributed by atoms with Crippen molar-refractivity contribution in [3.63, 3.8) is 0 Å². The molecular formula is C14H23N3O. The highest BCUT2D eigenvalue weighted by Crippen LogP contribution is 2.38. The van der Waals surface area contributed by atoms with Gasteiger partial charge in [0.25, 0.3) is 0 Å². The zero-order valence-corrected chi connectivity index (χ0v) is 11.4. The van der Waals surface area contributed by atoms with Crippen LogP contribution < -0.4 is 5.32 Å². The molecule has 4 nitrogen and oxygen atoms in total. The fourth-order valence-electron chi connectivity index (χ4n) is 3.28. The second-order valence-electron chi connectivity index (χ2n) is 5.91. The highest BCUT2D eigenvalue weighted by molar-refractivity contribution is 5.03. The summed E-state index contributed by atoms with van der Waals surface area (Å²) in [6.45, 7) is 4.31. The molecule has 18 heavy (non-hydrogen) atoms. The Kier molecular flexibility index (Phi) is 3.37. The fourth-order valence-corrected chi connectivity index (χ4v) is 3.28. The Morgan fingerprint density at radius 2 is 2.22 bits per heavy atom. The zero-order valence-electron chi connectivity index (χ0n) is 11.4. The van der Waals surface area contributed by atoms with E-state index in [4.69, 9.17) is 4.52 Å². The first-order chi connectivity index (χ1) is 8.78. The lowest BCUT2D eigenvalue weighted by Crippen LogP contribution is -2.30. The summed E-state index contributed by atoms with van der Waals surface area (Å²) < 4.78 is 5.45. The Bertz CT molecular complexity index is 389. The van der Waals surface area contributed by atoms with Crippen LogP contribution in [-0.2, 0) is 0 Å². The molecule has 1 saturated carbocycles. The predicted octanol–water partition coefficient (Wildman–Crippen LogP) is 3.18. The minimum atomic E-state index is 0.295. The van der Waals surface area contributed by atoms with Crippen molar-refractivity contribution in [2.45, 2.75) is 70.4 Å². The third-order valence-electron chi connectivity index (χ3n) is 4.67. The van der Waals surface area contributed by atoms with E-state index in [1.54, 1.807) is 0 Å². The molecule has 1 saturated heterocycles. The number of nitrogens with zero attached hydrogens (tertiary/aromatic N) is 2. The summed E-state index contributed by atoms with van der Waals surface area (Å²) in [5, 5.41) is 7.81. The van der Waals surface area contributed by atoms with Crippen molar-refractivity contribution in [3.8, 4) is 0 Å². The standard InChI is InChI=1S/C14H23N3O/c1-3-9(2)13-16-14(18-17-13)12-8-10-6-4-5-7-11(10)15-12/h9-12,15H,3-8H2,1-2H3. The molecule has 0 spiro atoms. The van der Waals surface area contributed by atoms with E-state index in [0.29, 0.717) is 18.0 Å². The van der Waals surface area contributed by atoms with Gasteiger partial charge in [0.15, 0.2) is 5.82 Å². The number of hydrogen-bond acceptors (Lipinski definition) is 4. The minimum absolute atomic E-state index is 0.295. The van der Waals surface area contributed by atoms with Crippen LogP contribution in [0.25, 0.3) is 0 Å². The maximum Gasteiger partial charge on any atom is 0.243 e. The first-order valence-electron chi connectivity index (χ1n) is 7.37. The summed E-state index contributed by atoms with van der Waals surface area (Å²) in [6, 6.07) is 0.978. The first kappa shape index (κ1) is 12.2. The van der Waals surface area contributed by atoms with Crippen LogP contribution in [0.4, 0.5) is 0 Å². The van der Waals surface area contributed by atoms with Crippen LogP contribution >= 0.6 is 0 Å². The number of fused-ring (bicyclic) bond motifs is 1. The van der Waals surface area contributed by atoms with Crippen LogP contribution in [0.2, 0.25) is 0 Å². The van der Waals surface area contributed by atoms with Crippen LogP contribution in [0.5, 0.6) is 0 Å². The zero-order chi connectivity index (χ0) is 12.5.